The Morgan fingerprint density at radius 1 is 1.27 bits per heavy atom. The van der Waals surface area contributed by atoms with Gasteiger partial charge in [0.25, 0.3) is 5.88 Å². The van der Waals surface area contributed by atoms with Crippen LogP contribution in [0, 0.1) is 5.92 Å². The second-order valence-corrected chi connectivity index (χ2v) is 7.91. The zero-order valence-corrected chi connectivity index (χ0v) is 16.1. The summed E-state index contributed by atoms with van der Waals surface area (Å²) in [6.07, 6.45) is 1.63. The van der Waals surface area contributed by atoms with Crippen LogP contribution in [0.25, 0.3) is 11.0 Å². The van der Waals surface area contributed by atoms with E-state index in [9.17, 15) is 4.79 Å². The number of ether oxygens (including phenoxy) is 2. The van der Waals surface area contributed by atoms with Crippen molar-refractivity contribution >= 4 is 28.7 Å². The summed E-state index contributed by atoms with van der Waals surface area (Å²) in [5.74, 6) is 0.542. The predicted octanol–water partition coefficient (Wildman–Crippen LogP) is 4.31. The van der Waals surface area contributed by atoms with Crippen LogP contribution in [0.15, 0.2) is 24.3 Å². The Morgan fingerprint density at radius 3 is 2.65 bits per heavy atom. The maximum Gasteiger partial charge on any atom is 0.410 e. The fourth-order valence-electron chi connectivity index (χ4n) is 2.94. The first-order chi connectivity index (χ1) is 12.3. The lowest BCUT2D eigenvalue weighted by Gasteiger charge is -2.33. The number of carbonyl (C=O) groups is 1. The molecule has 0 spiro atoms. The predicted molar refractivity (Wildman–Crippen MR) is 101 cm³/mol. The average Bonchev–Trinajstić information content (AvgIpc) is 2.58. The van der Waals surface area contributed by atoms with Gasteiger partial charge in [0.1, 0.15) is 5.60 Å². The van der Waals surface area contributed by atoms with Crippen LogP contribution in [0.1, 0.15) is 33.6 Å². The molecule has 3 rings (SSSR count). The summed E-state index contributed by atoms with van der Waals surface area (Å²) in [5.41, 5.74) is 0.985. The molecule has 0 radical (unpaired) electrons. The van der Waals surface area contributed by atoms with Gasteiger partial charge in [-0.05, 0) is 45.7 Å². The van der Waals surface area contributed by atoms with Crippen molar-refractivity contribution in [1.29, 1.82) is 0 Å². The molecule has 0 bridgehead atoms. The number of amides is 1. The molecule has 1 amide bonds. The second-order valence-electron chi connectivity index (χ2n) is 7.55. The van der Waals surface area contributed by atoms with E-state index in [1.807, 2.05) is 45.0 Å². The summed E-state index contributed by atoms with van der Waals surface area (Å²) in [6, 6.07) is 7.52. The lowest BCUT2D eigenvalue weighted by atomic mass is 9.99. The molecule has 1 saturated heterocycles. The second kappa shape index (κ2) is 7.66. The lowest BCUT2D eigenvalue weighted by Crippen LogP contribution is -2.44. The highest BCUT2D eigenvalue weighted by Gasteiger charge is 2.28. The van der Waals surface area contributed by atoms with Gasteiger partial charge < -0.3 is 14.4 Å². The van der Waals surface area contributed by atoms with E-state index in [4.69, 9.17) is 21.1 Å². The van der Waals surface area contributed by atoms with Crippen molar-refractivity contribution in [2.75, 3.05) is 19.7 Å². The average molecular weight is 378 g/mol. The van der Waals surface area contributed by atoms with Crippen molar-refractivity contribution in [1.82, 2.24) is 14.9 Å². The number of fused-ring (bicyclic) bond motifs is 1. The number of piperidine rings is 1. The number of rotatable bonds is 3. The number of benzene rings is 1. The molecule has 1 aliphatic heterocycles. The van der Waals surface area contributed by atoms with Crippen LogP contribution < -0.4 is 4.74 Å². The smallest absolute Gasteiger partial charge is 0.410 e. The zero-order chi connectivity index (χ0) is 18.7. The van der Waals surface area contributed by atoms with E-state index in [-0.39, 0.29) is 17.2 Å². The van der Waals surface area contributed by atoms with Crippen molar-refractivity contribution in [3.05, 3.63) is 29.4 Å². The molecule has 1 fully saturated rings. The van der Waals surface area contributed by atoms with Gasteiger partial charge in [0.05, 0.1) is 17.6 Å². The highest BCUT2D eigenvalue weighted by molar-refractivity contribution is 6.31. The summed E-state index contributed by atoms with van der Waals surface area (Å²) >= 11 is 6.19. The van der Waals surface area contributed by atoms with Gasteiger partial charge in [0.2, 0.25) is 0 Å². The Kier molecular flexibility index (Phi) is 5.51. The van der Waals surface area contributed by atoms with Crippen LogP contribution in [0.5, 0.6) is 5.88 Å². The standard InChI is InChI=1S/C19H24ClN3O3/c1-19(2,3)26-18(24)23-10-6-7-13(11-23)12-25-17-16(20)21-14-8-4-5-9-15(14)22-17/h4-5,8-9,13H,6-7,10-12H2,1-3H3/t13-/m1/s1. The molecule has 2 aromatic rings. The molecular formula is C19H24ClN3O3. The molecule has 1 aromatic carbocycles. The van der Waals surface area contributed by atoms with Crippen LogP contribution in [0.3, 0.4) is 0 Å². The van der Waals surface area contributed by atoms with E-state index < -0.39 is 5.60 Å². The molecule has 26 heavy (non-hydrogen) atoms. The minimum Gasteiger partial charge on any atom is -0.475 e. The number of hydrogen-bond donors (Lipinski definition) is 0. The number of carbonyl (C=O) groups excluding carboxylic acids is 1. The van der Waals surface area contributed by atoms with Gasteiger partial charge in [0.15, 0.2) is 5.15 Å². The molecule has 7 heteroatoms. The first-order valence-corrected chi connectivity index (χ1v) is 9.22. The highest BCUT2D eigenvalue weighted by Crippen LogP contribution is 2.25. The van der Waals surface area contributed by atoms with Crippen LogP contribution in [0.4, 0.5) is 4.79 Å². The van der Waals surface area contributed by atoms with Gasteiger partial charge in [-0.25, -0.2) is 14.8 Å². The zero-order valence-electron chi connectivity index (χ0n) is 15.4. The first-order valence-electron chi connectivity index (χ1n) is 8.85. The highest BCUT2D eigenvalue weighted by atomic mass is 35.5. The Bertz CT molecular complexity index is 791. The van der Waals surface area contributed by atoms with Crippen molar-refractivity contribution in [2.24, 2.45) is 5.92 Å². The number of halogens is 1. The Hall–Kier alpha value is -2.08. The van der Waals surface area contributed by atoms with Crippen LogP contribution in [-0.4, -0.2) is 46.3 Å². The fraction of sp³-hybridized carbons (Fsp3) is 0.526. The molecule has 140 valence electrons. The van der Waals surface area contributed by atoms with E-state index >= 15 is 0 Å². The van der Waals surface area contributed by atoms with Crippen LogP contribution >= 0.6 is 11.6 Å². The molecule has 6 nitrogen and oxygen atoms in total. The molecule has 1 aromatic heterocycles. The summed E-state index contributed by atoms with van der Waals surface area (Å²) in [4.78, 5) is 22.8. The molecule has 2 heterocycles. The fourth-order valence-corrected chi connectivity index (χ4v) is 3.13. The molecule has 1 atom stereocenters. The van der Waals surface area contributed by atoms with E-state index in [1.165, 1.54) is 0 Å². The van der Waals surface area contributed by atoms with Crippen molar-refractivity contribution in [3.8, 4) is 5.88 Å². The molecule has 0 N–H and O–H groups in total. The maximum atomic E-state index is 12.3. The van der Waals surface area contributed by atoms with Gasteiger partial charge in [-0.15, -0.1) is 0 Å². The van der Waals surface area contributed by atoms with Crippen LogP contribution in [-0.2, 0) is 4.74 Å². The molecular weight excluding hydrogens is 354 g/mol. The van der Waals surface area contributed by atoms with Gasteiger partial charge in [-0.3, -0.25) is 0 Å². The summed E-state index contributed by atoms with van der Waals surface area (Å²) in [6.45, 7) is 7.36. The topological polar surface area (TPSA) is 64.5 Å². The molecule has 0 saturated carbocycles. The van der Waals surface area contributed by atoms with Crippen molar-refractivity contribution in [2.45, 2.75) is 39.2 Å². The van der Waals surface area contributed by atoms with Crippen LogP contribution in [0.2, 0.25) is 5.15 Å². The largest absolute Gasteiger partial charge is 0.475 e. The SMILES string of the molecule is CC(C)(C)OC(=O)N1CCC[C@@H](COc2nc3ccccc3nc2Cl)C1. The monoisotopic (exact) mass is 377 g/mol. The molecule has 0 aliphatic carbocycles. The maximum absolute atomic E-state index is 12.3. The number of nitrogens with zero attached hydrogens (tertiary/aromatic N) is 3. The number of likely N-dealkylation sites (tertiary alicyclic amines) is 1. The summed E-state index contributed by atoms with van der Waals surface area (Å²) in [7, 11) is 0. The van der Waals surface area contributed by atoms with E-state index in [0.717, 1.165) is 23.9 Å². The third-order valence-electron chi connectivity index (χ3n) is 4.13. The van der Waals surface area contributed by atoms with E-state index in [2.05, 4.69) is 9.97 Å². The van der Waals surface area contributed by atoms with Crippen molar-refractivity contribution in [3.63, 3.8) is 0 Å². The number of hydrogen-bond acceptors (Lipinski definition) is 5. The molecule has 1 aliphatic rings. The minimum atomic E-state index is -0.491. The van der Waals surface area contributed by atoms with Gasteiger partial charge in [-0.2, -0.15) is 0 Å². The number of para-hydroxylation sites is 2. The van der Waals surface area contributed by atoms with E-state index in [1.54, 1.807) is 4.90 Å². The van der Waals surface area contributed by atoms with E-state index in [0.29, 0.717) is 25.6 Å². The summed E-state index contributed by atoms with van der Waals surface area (Å²) < 4.78 is 11.3. The van der Waals surface area contributed by atoms with Gasteiger partial charge >= 0.3 is 6.09 Å². The number of aromatic nitrogens is 2. The first kappa shape index (κ1) is 18.7. The lowest BCUT2D eigenvalue weighted by molar-refractivity contribution is 0.0138. The van der Waals surface area contributed by atoms with Gasteiger partial charge in [-0.1, -0.05) is 23.7 Å². The van der Waals surface area contributed by atoms with Crippen molar-refractivity contribution < 1.29 is 14.3 Å². The minimum absolute atomic E-state index is 0.209. The third kappa shape index (κ3) is 4.75. The third-order valence-corrected chi connectivity index (χ3v) is 4.37. The molecule has 0 unspecified atom stereocenters. The Morgan fingerprint density at radius 2 is 1.96 bits per heavy atom. The van der Waals surface area contributed by atoms with Gasteiger partial charge in [0, 0.05) is 19.0 Å². The Balaban J connectivity index is 1.61. The summed E-state index contributed by atoms with van der Waals surface area (Å²) in [5, 5.41) is 0.253. The normalized spacial score (nSPS) is 18.0. The Labute approximate surface area is 158 Å². The quantitative estimate of drug-likeness (QED) is 0.797.